The van der Waals surface area contributed by atoms with E-state index in [-0.39, 0.29) is 12.5 Å². The van der Waals surface area contributed by atoms with E-state index in [2.05, 4.69) is 20.3 Å². The first kappa shape index (κ1) is 18.6. The Bertz CT molecular complexity index is 1130. The third-order valence-corrected chi connectivity index (χ3v) is 5.53. The van der Waals surface area contributed by atoms with Gasteiger partial charge in [-0.2, -0.15) is 0 Å². The molecule has 1 N–H and O–H groups in total. The van der Waals surface area contributed by atoms with Crippen LogP contribution in [0.2, 0.25) is 5.02 Å². The summed E-state index contributed by atoms with van der Waals surface area (Å²) < 4.78 is 5.00. The minimum absolute atomic E-state index is 0.204. The molecular weight excluding hydrogens is 420 g/mol. The summed E-state index contributed by atoms with van der Waals surface area (Å²) in [5, 5.41) is 10.8. The lowest BCUT2D eigenvalue weighted by Gasteiger charge is -2.14. The van der Waals surface area contributed by atoms with Crippen LogP contribution in [0.4, 0.5) is 5.69 Å². The van der Waals surface area contributed by atoms with E-state index in [0.29, 0.717) is 31.0 Å². The number of amides is 2. The molecule has 0 spiro atoms. The van der Waals surface area contributed by atoms with E-state index >= 15 is 0 Å². The Morgan fingerprint density at radius 2 is 2.04 bits per heavy atom. The van der Waals surface area contributed by atoms with Crippen LogP contribution in [0.15, 0.2) is 52.0 Å². The molecular formula is C18H11ClN4O3S2. The largest absolute Gasteiger partial charge is 0.322 e. The van der Waals surface area contributed by atoms with Gasteiger partial charge in [-0.05, 0) is 46.2 Å². The average molecular weight is 431 g/mol. The van der Waals surface area contributed by atoms with Crippen LogP contribution in [0, 0.1) is 0 Å². The first-order valence-corrected chi connectivity index (χ1v) is 9.63. The molecule has 0 radical (unpaired) electrons. The quantitative estimate of drug-likeness (QED) is 0.498. The first-order valence-electron chi connectivity index (χ1n) is 8.03. The summed E-state index contributed by atoms with van der Waals surface area (Å²) in [7, 11) is 0. The topological polar surface area (TPSA) is 88.3 Å². The Kier molecular flexibility index (Phi) is 5.12. The number of thiocarbonyl (C=S) groups is 1. The highest BCUT2D eigenvalue weighted by Crippen LogP contribution is 2.32. The smallest absolute Gasteiger partial charge is 0.266 e. The van der Waals surface area contributed by atoms with Crippen LogP contribution in [-0.2, 0) is 9.59 Å². The highest BCUT2D eigenvalue weighted by atomic mass is 35.5. The molecule has 10 heteroatoms. The van der Waals surface area contributed by atoms with Gasteiger partial charge >= 0.3 is 0 Å². The normalized spacial score (nSPS) is 15.6. The molecule has 0 atom stereocenters. The first-order chi connectivity index (χ1) is 13.5. The van der Waals surface area contributed by atoms with E-state index in [1.807, 2.05) is 0 Å². The third kappa shape index (κ3) is 3.77. The molecule has 7 nitrogen and oxygen atoms in total. The second-order valence-electron chi connectivity index (χ2n) is 5.81. The summed E-state index contributed by atoms with van der Waals surface area (Å²) in [6.07, 6.45) is 1.72. The van der Waals surface area contributed by atoms with E-state index in [0.717, 1.165) is 17.3 Å². The Morgan fingerprint density at radius 1 is 1.25 bits per heavy atom. The minimum Gasteiger partial charge on any atom is -0.322 e. The van der Waals surface area contributed by atoms with Crippen molar-refractivity contribution >= 4 is 74.5 Å². The van der Waals surface area contributed by atoms with Crippen LogP contribution >= 0.6 is 35.6 Å². The van der Waals surface area contributed by atoms with Crippen molar-refractivity contribution in [2.45, 2.75) is 0 Å². The molecule has 2 amide bonds. The molecule has 2 heterocycles. The number of carbonyl (C=O) groups is 2. The number of nitrogens with zero attached hydrogens (tertiary/aromatic N) is 3. The number of aromatic nitrogens is 2. The summed E-state index contributed by atoms with van der Waals surface area (Å²) in [6, 6.07) is 12.2. The number of halogens is 1. The summed E-state index contributed by atoms with van der Waals surface area (Å²) >= 11 is 12.3. The minimum atomic E-state index is -0.403. The number of fused-ring (bicyclic) bond motifs is 1. The Morgan fingerprint density at radius 3 is 2.82 bits per heavy atom. The predicted octanol–water partition coefficient (Wildman–Crippen LogP) is 3.72. The molecule has 1 saturated heterocycles. The maximum absolute atomic E-state index is 12.7. The number of anilines is 1. The van der Waals surface area contributed by atoms with E-state index < -0.39 is 5.91 Å². The van der Waals surface area contributed by atoms with Crippen LogP contribution < -0.4 is 5.32 Å². The highest BCUT2D eigenvalue weighted by Gasteiger charge is 2.33. The lowest BCUT2D eigenvalue weighted by Crippen LogP contribution is -2.36. The van der Waals surface area contributed by atoms with Gasteiger partial charge in [0.2, 0.25) is 5.91 Å². The monoisotopic (exact) mass is 430 g/mol. The number of rotatable bonds is 4. The average Bonchev–Trinajstić information content (AvgIpc) is 3.25. The number of benzene rings is 2. The van der Waals surface area contributed by atoms with Crippen LogP contribution in [0.5, 0.6) is 0 Å². The van der Waals surface area contributed by atoms with Crippen molar-refractivity contribution in [3.05, 3.63) is 58.0 Å². The zero-order valence-electron chi connectivity index (χ0n) is 14.1. The zero-order valence-corrected chi connectivity index (χ0v) is 16.5. The molecule has 0 bridgehead atoms. The zero-order chi connectivity index (χ0) is 19.7. The van der Waals surface area contributed by atoms with Crippen LogP contribution in [0.1, 0.15) is 5.56 Å². The van der Waals surface area contributed by atoms with Crippen LogP contribution in [-0.4, -0.2) is 37.9 Å². The summed E-state index contributed by atoms with van der Waals surface area (Å²) in [6.45, 7) is -0.204. The number of hydrogen-bond acceptors (Lipinski definition) is 7. The van der Waals surface area contributed by atoms with Crippen molar-refractivity contribution in [2.24, 2.45) is 0 Å². The number of carbonyl (C=O) groups excluding carboxylic acids is 2. The van der Waals surface area contributed by atoms with Crippen molar-refractivity contribution in [1.82, 2.24) is 15.2 Å². The molecule has 140 valence electrons. The molecule has 0 unspecified atom stereocenters. The van der Waals surface area contributed by atoms with Crippen LogP contribution in [0.3, 0.4) is 0 Å². The van der Waals surface area contributed by atoms with E-state index in [9.17, 15) is 9.59 Å². The van der Waals surface area contributed by atoms with Gasteiger partial charge in [-0.25, -0.2) is 4.63 Å². The standard InChI is InChI=1S/C18H11ClN4O3S2/c19-11-6-4-10(5-7-11)8-14-17(25)23(18(27)28-14)9-15(24)20-12-2-1-3-13-16(12)22-26-21-13/h1-8H,9H2,(H,20,24). The molecule has 0 aliphatic carbocycles. The Balaban J connectivity index is 1.48. The van der Waals surface area contributed by atoms with Crippen LogP contribution in [0.25, 0.3) is 17.1 Å². The van der Waals surface area contributed by atoms with Gasteiger partial charge in [0.1, 0.15) is 16.4 Å². The second-order valence-corrected chi connectivity index (χ2v) is 7.92. The fourth-order valence-corrected chi connectivity index (χ4v) is 3.97. The van der Waals surface area contributed by atoms with Crippen molar-refractivity contribution in [1.29, 1.82) is 0 Å². The maximum Gasteiger partial charge on any atom is 0.266 e. The molecule has 1 aliphatic heterocycles. The van der Waals surface area contributed by atoms with Gasteiger partial charge in [0.25, 0.3) is 5.91 Å². The maximum atomic E-state index is 12.7. The van der Waals surface area contributed by atoms with Gasteiger partial charge < -0.3 is 5.32 Å². The molecule has 3 aromatic rings. The van der Waals surface area contributed by atoms with Crippen molar-refractivity contribution < 1.29 is 14.2 Å². The number of thioether (sulfide) groups is 1. The summed E-state index contributed by atoms with van der Waals surface area (Å²) in [5.41, 5.74) is 2.23. The van der Waals surface area contributed by atoms with Gasteiger partial charge in [-0.1, -0.05) is 53.8 Å². The van der Waals surface area contributed by atoms with Crippen molar-refractivity contribution in [2.75, 3.05) is 11.9 Å². The summed E-state index contributed by atoms with van der Waals surface area (Å²) in [5.74, 6) is -0.721. The van der Waals surface area contributed by atoms with Crippen molar-refractivity contribution in [3.63, 3.8) is 0 Å². The van der Waals surface area contributed by atoms with Gasteiger partial charge in [0, 0.05) is 5.02 Å². The summed E-state index contributed by atoms with van der Waals surface area (Å²) in [4.78, 5) is 26.8. The fraction of sp³-hybridized carbons (Fsp3) is 0.0556. The van der Waals surface area contributed by atoms with Crippen molar-refractivity contribution in [3.8, 4) is 0 Å². The Hall–Kier alpha value is -2.75. The highest BCUT2D eigenvalue weighted by molar-refractivity contribution is 8.26. The van der Waals surface area contributed by atoms with E-state index in [1.165, 1.54) is 4.90 Å². The molecule has 4 rings (SSSR count). The van der Waals surface area contributed by atoms with E-state index in [1.54, 1.807) is 48.5 Å². The van der Waals surface area contributed by atoms with Gasteiger partial charge in [0.05, 0.1) is 10.6 Å². The van der Waals surface area contributed by atoms with Gasteiger partial charge in [-0.3, -0.25) is 14.5 Å². The second kappa shape index (κ2) is 7.70. The molecule has 0 saturated carbocycles. The molecule has 1 aromatic heterocycles. The molecule has 1 fully saturated rings. The van der Waals surface area contributed by atoms with Gasteiger partial charge in [-0.15, -0.1) is 0 Å². The SMILES string of the molecule is O=C(CN1C(=O)C(=Cc2ccc(Cl)cc2)SC1=S)Nc1cccc2nonc12. The lowest BCUT2D eigenvalue weighted by molar-refractivity contribution is -0.126. The molecule has 28 heavy (non-hydrogen) atoms. The Labute approximate surface area is 173 Å². The molecule has 2 aromatic carbocycles. The van der Waals surface area contributed by atoms with E-state index in [4.69, 9.17) is 23.8 Å². The molecule has 1 aliphatic rings. The number of hydrogen-bond donors (Lipinski definition) is 1. The number of nitrogens with one attached hydrogen (secondary N) is 1. The fourth-order valence-electron chi connectivity index (χ4n) is 2.59. The third-order valence-electron chi connectivity index (χ3n) is 3.90. The predicted molar refractivity (Wildman–Crippen MR) is 112 cm³/mol. The lowest BCUT2D eigenvalue weighted by atomic mass is 10.2. The van der Waals surface area contributed by atoms with Gasteiger partial charge in [0.15, 0.2) is 5.52 Å².